The fraction of sp³-hybridized carbons (Fsp3) is 0.614. The van der Waals surface area contributed by atoms with Crippen LogP contribution in [0.5, 0.6) is 0 Å². The molecule has 1 nitrogen and oxygen atoms in total. The largest absolute Gasteiger partial charge is 0.374 e. The SMILES string of the molecule is CC1(C)C2=C(CCCC2)C2CCC(/C(=C3/CCC4C5=C(CCC6=C5CCC=C6)C5(C6C=CC=CC6SC6C=CC=CC65)C4C3)C3C=CC4C(C3)OC3CCC=CC34)CC21. The number of ether oxygens (including phenoxy) is 1. The van der Waals surface area contributed by atoms with Crippen LogP contribution in [0.3, 0.4) is 0 Å². The van der Waals surface area contributed by atoms with E-state index in [2.05, 4.69) is 111 Å². The standard InChI is InChI=1S/C57H68OS/c1-56(2)44-17-7-5-15-39(44)40-27-23-35(31-48(40)56)54(37-24-28-42-41-16-6-10-20-50(41)58-51(42)33-37)36-25-29-43-49(32-36)57(47-30-26-34-13-3-4-14-38(34)55(43)47)45-18-8-11-21-52(45)59-53-22-12-9-19-46(53)57/h3,6,8-9,11-13,16,18-19,21-22,24,28,35,37,40-43,45-46,48-53H,4-5,7,10,14-15,17,20,23,25-27,29-33H2,1-2H3/b54-36+. The van der Waals surface area contributed by atoms with E-state index in [0.717, 1.165) is 11.8 Å². The highest BCUT2D eigenvalue weighted by Crippen LogP contribution is 2.73. The van der Waals surface area contributed by atoms with Crippen molar-refractivity contribution in [3.63, 3.8) is 0 Å². The van der Waals surface area contributed by atoms with Crippen LogP contribution >= 0.6 is 11.8 Å². The van der Waals surface area contributed by atoms with Crippen LogP contribution in [0.25, 0.3) is 0 Å². The topological polar surface area (TPSA) is 9.23 Å². The molecule has 13 rings (SSSR count). The van der Waals surface area contributed by atoms with Gasteiger partial charge in [-0.3, -0.25) is 0 Å². The van der Waals surface area contributed by atoms with Crippen LogP contribution in [-0.2, 0) is 4.74 Å². The maximum absolute atomic E-state index is 7.10. The summed E-state index contributed by atoms with van der Waals surface area (Å²) in [7, 11) is 0. The molecule has 2 saturated carbocycles. The molecule has 1 spiro atoms. The zero-order valence-corrected chi connectivity index (χ0v) is 36.8. The van der Waals surface area contributed by atoms with E-state index in [-0.39, 0.29) is 5.41 Å². The van der Waals surface area contributed by atoms with Gasteiger partial charge in [0, 0.05) is 45.5 Å². The molecule has 0 aromatic heterocycles. The highest BCUT2D eigenvalue weighted by atomic mass is 32.2. The van der Waals surface area contributed by atoms with Gasteiger partial charge in [0.05, 0.1) is 12.2 Å². The summed E-state index contributed by atoms with van der Waals surface area (Å²) >= 11 is 2.28. The van der Waals surface area contributed by atoms with Crippen LogP contribution in [0.2, 0.25) is 0 Å². The van der Waals surface area contributed by atoms with Gasteiger partial charge in [0.1, 0.15) is 0 Å². The van der Waals surface area contributed by atoms with Gasteiger partial charge in [0.2, 0.25) is 0 Å². The van der Waals surface area contributed by atoms with E-state index < -0.39 is 0 Å². The molecule has 2 heteroatoms. The van der Waals surface area contributed by atoms with Gasteiger partial charge in [-0.05, 0) is 161 Å². The summed E-state index contributed by atoms with van der Waals surface area (Å²) in [6.07, 6.45) is 59.2. The Morgan fingerprint density at radius 1 is 0.661 bits per heavy atom. The van der Waals surface area contributed by atoms with E-state index in [1.54, 1.807) is 11.1 Å². The van der Waals surface area contributed by atoms with Crippen molar-refractivity contribution in [3.05, 3.63) is 130 Å². The molecule has 59 heavy (non-hydrogen) atoms. The van der Waals surface area contributed by atoms with Crippen molar-refractivity contribution in [1.29, 1.82) is 0 Å². The molecule has 0 aromatic rings. The summed E-state index contributed by atoms with van der Waals surface area (Å²) in [5.41, 5.74) is 15.6. The summed E-state index contributed by atoms with van der Waals surface area (Å²) in [4.78, 5) is 0. The first-order valence-corrected chi connectivity index (χ1v) is 25.9. The Morgan fingerprint density at radius 2 is 1.47 bits per heavy atom. The van der Waals surface area contributed by atoms with Crippen molar-refractivity contribution >= 4 is 11.8 Å². The van der Waals surface area contributed by atoms with Crippen LogP contribution in [0, 0.1) is 70.0 Å². The number of hydrogen-bond acceptors (Lipinski definition) is 2. The highest BCUT2D eigenvalue weighted by Gasteiger charge is 2.66. The van der Waals surface area contributed by atoms with E-state index in [1.807, 2.05) is 33.4 Å². The van der Waals surface area contributed by atoms with Crippen molar-refractivity contribution in [3.8, 4) is 0 Å². The van der Waals surface area contributed by atoms with Crippen LogP contribution in [0.15, 0.2) is 130 Å². The molecule has 0 N–H and O–H groups in total. The van der Waals surface area contributed by atoms with Crippen LogP contribution in [0.1, 0.15) is 123 Å². The molecule has 0 bridgehead atoms. The highest BCUT2D eigenvalue weighted by molar-refractivity contribution is 8.00. The molecular formula is C57H68OS. The summed E-state index contributed by atoms with van der Waals surface area (Å²) < 4.78 is 7.10. The minimum absolute atomic E-state index is 0.192. The number of rotatable bonds is 2. The lowest BCUT2D eigenvalue weighted by molar-refractivity contribution is 0.0176. The summed E-state index contributed by atoms with van der Waals surface area (Å²) in [6.45, 7) is 5.36. The quantitative estimate of drug-likeness (QED) is 0.257. The predicted molar refractivity (Wildman–Crippen MR) is 246 cm³/mol. The van der Waals surface area contributed by atoms with E-state index in [0.29, 0.717) is 75.5 Å². The molecule has 14 unspecified atom stereocenters. The van der Waals surface area contributed by atoms with Crippen LogP contribution in [0.4, 0.5) is 0 Å². The number of fused-ring (bicyclic) bond motifs is 14. The van der Waals surface area contributed by atoms with E-state index in [4.69, 9.17) is 4.74 Å². The Balaban J connectivity index is 0.944. The zero-order chi connectivity index (χ0) is 39.0. The molecule has 0 aromatic carbocycles. The zero-order valence-electron chi connectivity index (χ0n) is 36.0. The van der Waals surface area contributed by atoms with Gasteiger partial charge < -0.3 is 4.74 Å². The molecule has 4 fully saturated rings. The van der Waals surface area contributed by atoms with E-state index >= 15 is 0 Å². The van der Waals surface area contributed by atoms with Gasteiger partial charge in [-0.25, -0.2) is 0 Å². The van der Waals surface area contributed by atoms with Crippen molar-refractivity contribution < 1.29 is 4.74 Å². The first-order valence-electron chi connectivity index (χ1n) is 24.9. The van der Waals surface area contributed by atoms with E-state index in [9.17, 15) is 0 Å². The average Bonchev–Trinajstić information content (AvgIpc) is 3.87. The maximum Gasteiger partial charge on any atom is 0.0657 e. The second-order valence-electron chi connectivity index (χ2n) is 22.2. The third-order valence-electron chi connectivity index (χ3n) is 19.8. The third kappa shape index (κ3) is 5.33. The van der Waals surface area contributed by atoms with Gasteiger partial charge in [-0.2, -0.15) is 0 Å². The molecule has 14 atom stereocenters. The van der Waals surface area contributed by atoms with Gasteiger partial charge in [0.15, 0.2) is 0 Å². The second-order valence-corrected chi connectivity index (χ2v) is 23.6. The van der Waals surface area contributed by atoms with Gasteiger partial charge >= 0.3 is 0 Å². The smallest absolute Gasteiger partial charge is 0.0657 e. The number of hydrogen-bond donors (Lipinski definition) is 0. The fourth-order valence-electron chi connectivity index (χ4n) is 17.7. The fourth-order valence-corrected chi connectivity index (χ4v) is 19.4. The predicted octanol–water partition coefficient (Wildman–Crippen LogP) is 14.3. The summed E-state index contributed by atoms with van der Waals surface area (Å²) in [5.74, 6) is 6.62. The van der Waals surface area contributed by atoms with Gasteiger partial charge in [-0.15, -0.1) is 11.8 Å². The van der Waals surface area contributed by atoms with Gasteiger partial charge in [0.25, 0.3) is 0 Å². The first-order chi connectivity index (χ1) is 29.0. The Hall–Kier alpha value is -2.55. The lowest BCUT2D eigenvalue weighted by Crippen LogP contribution is -2.55. The van der Waals surface area contributed by atoms with Crippen molar-refractivity contribution in [2.24, 2.45) is 70.0 Å². The molecule has 2 saturated heterocycles. The second kappa shape index (κ2) is 14.0. The third-order valence-corrected chi connectivity index (χ3v) is 21.3. The van der Waals surface area contributed by atoms with Crippen LogP contribution in [-0.4, -0.2) is 22.7 Å². The molecule has 13 aliphatic rings. The molecular weight excluding hydrogens is 733 g/mol. The Labute approximate surface area is 360 Å². The summed E-state index contributed by atoms with van der Waals surface area (Å²) in [6, 6.07) is 0. The Bertz CT molecular complexity index is 2120. The molecule has 2 aliphatic heterocycles. The van der Waals surface area contributed by atoms with Crippen molar-refractivity contribution in [2.75, 3.05) is 0 Å². The monoisotopic (exact) mass is 800 g/mol. The van der Waals surface area contributed by atoms with Crippen molar-refractivity contribution in [2.45, 2.75) is 146 Å². The Kier molecular flexibility index (Phi) is 8.78. The minimum Gasteiger partial charge on any atom is -0.374 e. The first kappa shape index (κ1) is 37.0. The normalized spacial score (nSPS) is 47.6. The lowest BCUT2D eigenvalue weighted by atomic mass is 9.51. The molecule has 11 aliphatic carbocycles. The van der Waals surface area contributed by atoms with E-state index in [1.165, 1.54) is 109 Å². The maximum atomic E-state index is 7.10. The number of allylic oxidation sites excluding steroid dienone is 18. The summed E-state index contributed by atoms with van der Waals surface area (Å²) in [5, 5.41) is 1.13. The van der Waals surface area contributed by atoms with Gasteiger partial charge in [-0.1, -0.05) is 127 Å². The molecule has 308 valence electrons. The molecule has 0 amide bonds. The minimum atomic E-state index is 0.192. The number of thioether (sulfide) groups is 1. The average molecular weight is 801 g/mol. The lowest BCUT2D eigenvalue weighted by Gasteiger charge is -2.58. The Morgan fingerprint density at radius 3 is 2.34 bits per heavy atom. The van der Waals surface area contributed by atoms with Crippen LogP contribution < -0.4 is 0 Å². The molecule has 0 radical (unpaired) electrons. The molecule has 2 heterocycles. The van der Waals surface area contributed by atoms with Crippen molar-refractivity contribution in [1.82, 2.24) is 0 Å².